The zero-order valence-corrected chi connectivity index (χ0v) is 10.3. The van der Waals surface area contributed by atoms with E-state index in [0.29, 0.717) is 30.1 Å². The highest BCUT2D eigenvalue weighted by atomic mass is 35.5. The van der Waals surface area contributed by atoms with Crippen molar-refractivity contribution in [2.75, 3.05) is 18.5 Å². The summed E-state index contributed by atoms with van der Waals surface area (Å²) in [5.74, 6) is 1.04. The van der Waals surface area contributed by atoms with Crippen molar-refractivity contribution in [1.82, 2.24) is 9.97 Å². The van der Waals surface area contributed by atoms with Crippen molar-refractivity contribution in [1.29, 1.82) is 0 Å². The topological polar surface area (TPSA) is 64.1 Å². The monoisotopic (exact) mass is 255 g/mol. The number of carbonyl (C=O) groups excluding carboxylic acids is 1. The summed E-state index contributed by atoms with van der Waals surface area (Å²) in [6.45, 7) is 3.16. The Morgan fingerprint density at radius 3 is 3.00 bits per heavy atom. The number of hydrogen-bond donors (Lipinski definition) is 1. The summed E-state index contributed by atoms with van der Waals surface area (Å²) >= 11 is 5.90. The number of aldehydes is 1. The number of hydrogen-bond acceptors (Lipinski definition) is 5. The summed E-state index contributed by atoms with van der Waals surface area (Å²) in [5.41, 5.74) is 0.308. The van der Waals surface area contributed by atoms with Crippen molar-refractivity contribution in [2.24, 2.45) is 0 Å². The maximum atomic E-state index is 11.0. The molecule has 1 unspecified atom stereocenters. The Hall–Kier alpha value is -1.20. The molecular formula is C11H14ClN3O2. The van der Waals surface area contributed by atoms with Gasteiger partial charge in [-0.25, -0.2) is 9.97 Å². The number of aromatic nitrogens is 2. The molecule has 0 aliphatic carbocycles. The molecule has 0 spiro atoms. The van der Waals surface area contributed by atoms with Crippen LogP contribution in [0.1, 0.15) is 29.0 Å². The molecule has 1 atom stereocenters. The smallest absolute Gasteiger partial charge is 0.156 e. The minimum absolute atomic E-state index is 0.174. The second-order valence-corrected chi connectivity index (χ2v) is 4.36. The van der Waals surface area contributed by atoms with Crippen LogP contribution in [0.5, 0.6) is 0 Å². The Bertz CT molecular complexity index is 419. The van der Waals surface area contributed by atoms with E-state index in [-0.39, 0.29) is 11.2 Å². The number of nitrogens with one attached hydrogen (secondary N) is 1. The lowest BCUT2D eigenvalue weighted by molar-refractivity contribution is 0.0874. The number of aryl methyl sites for hydroxylation is 1. The van der Waals surface area contributed by atoms with Gasteiger partial charge in [-0.05, 0) is 19.8 Å². The van der Waals surface area contributed by atoms with Crippen LogP contribution in [0, 0.1) is 6.92 Å². The lowest BCUT2D eigenvalue weighted by Gasteiger charge is -2.24. The molecule has 17 heavy (non-hydrogen) atoms. The largest absolute Gasteiger partial charge is 0.379 e. The van der Waals surface area contributed by atoms with Crippen LogP contribution in [-0.2, 0) is 4.74 Å². The van der Waals surface area contributed by atoms with Crippen LogP contribution in [-0.4, -0.2) is 35.5 Å². The number of rotatable bonds is 3. The number of anilines is 1. The van der Waals surface area contributed by atoms with Gasteiger partial charge in [0.05, 0.1) is 18.2 Å². The molecule has 0 radical (unpaired) electrons. The second-order valence-electron chi connectivity index (χ2n) is 4.00. The van der Waals surface area contributed by atoms with Gasteiger partial charge in [0.1, 0.15) is 16.8 Å². The van der Waals surface area contributed by atoms with Crippen molar-refractivity contribution in [3.8, 4) is 0 Å². The van der Waals surface area contributed by atoms with Gasteiger partial charge in [0.25, 0.3) is 0 Å². The predicted octanol–water partition coefficient (Wildman–Crippen LogP) is 1.84. The standard InChI is InChI=1S/C11H14ClN3O2/c1-7-13-10(12)9(5-16)11(14-7)15-8-3-2-4-17-6-8/h5,8H,2-4,6H2,1H3,(H,13,14,15). The van der Waals surface area contributed by atoms with Gasteiger partial charge in [0, 0.05) is 6.61 Å². The summed E-state index contributed by atoms with van der Waals surface area (Å²) in [6, 6.07) is 0.174. The Labute approximate surface area is 105 Å². The number of ether oxygens (including phenoxy) is 1. The molecule has 1 aromatic rings. The maximum absolute atomic E-state index is 11.0. The molecule has 2 heterocycles. The van der Waals surface area contributed by atoms with Crippen molar-refractivity contribution in [2.45, 2.75) is 25.8 Å². The van der Waals surface area contributed by atoms with E-state index in [2.05, 4.69) is 15.3 Å². The van der Waals surface area contributed by atoms with Crippen LogP contribution < -0.4 is 5.32 Å². The van der Waals surface area contributed by atoms with E-state index < -0.39 is 0 Å². The number of halogens is 1. The molecule has 1 fully saturated rings. The summed E-state index contributed by atoms with van der Waals surface area (Å²) < 4.78 is 5.36. The van der Waals surface area contributed by atoms with E-state index >= 15 is 0 Å². The molecule has 2 rings (SSSR count). The first-order valence-corrected chi connectivity index (χ1v) is 5.92. The Morgan fingerprint density at radius 1 is 1.53 bits per heavy atom. The third-order valence-electron chi connectivity index (χ3n) is 2.63. The molecule has 0 bridgehead atoms. The van der Waals surface area contributed by atoms with Crippen LogP contribution >= 0.6 is 11.6 Å². The first-order valence-electron chi connectivity index (χ1n) is 5.54. The van der Waals surface area contributed by atoms with Crippen molar-refractivity contribution in [3.63, 3.8) is 0 Å². The second kappa shape index (κ2) is 5.42. The van der Waals surface area contributed by atoms with Gasteiger partial charge < -0.3 is 10.1 Å². The molecule has 1 saturated heterocycles. The molecule has 0 amide bonds. The lowest BCUT2D eigenvalue weighted by atomic mass is 10.1. The average Bonchev–Trinajstić information content (AvgIpc) is 2.30. The fourth-order valence-electron chi connectivity index (χ4n) is 1.81. The Balaban J connectivity index is 2.21. The van der Waals surface area contributed by atoms with Crippen LogP contribution in [0.25, 0.3) is 0 Å². The molecule has 92 valence electrons. The molecule has 1 aromatic heterocycles. The van der Waals surface area contributed by atoms with Gasteiger partial charge in [-0.3, -0.25) is 4.79 Å². The van der Waals surface area contributed by atoms with E-state index in [1.807, 2.05) is 0 Å². The maximum Gasteiger partial charge on any atom is 0.156 e. The summed E-state index contributed by atoms with van der Waals surface area (Å²) in [4.78, 5) is 19.1. The summed E-state index contributed by atoms with van der Waals surface area (Å²) in [6.07, 6.45) is 2.68. The zero-order valence-electron chi connectivity index (χ0n) is 9.57. The fourth-order valence-corrected chi connectivity index (χ4v) is 2.07. The third kappa shape index (κ3) is 2.92. The van der Waals surface area contributed by atoms with Crippen LogP contribution in [0.3, 0.4) is 0 Å². The van der Waals surface area contributed by atoms with Gasteiger partial charge in [0.15, 0.2) is 6.29 Å². The molecule has 6 heteroatoms. The van der Waals surface area contributed by atoms with E-state index in [1.54, 1.807) is 6.92 Å². The summed E-state index contributed by atoms with van der Waals surface area (Å²) in [5, 5.41) is 3.38. The van der Waals surface area contributed by atoms with Crippen molar-refractivity contribution >= 4 is 23.7 Å². The molecular weight excluding hydrogens is 242 g/mol. The minimum atomic E-state index is 0.174. The van der Waals surface area contributed by atoms with Gasteiger partial charge in [-0.2, -0.15) is 0 Å². The predicted molar refractivity (Wildman–Crippen MR) is 64.6 cm³/mol. The van der Waals surface area contributed by atoms with Gasteiger partial charge in [-0.15, -0.1) is 0 Å². The molecule has 0 saturated carbocycles. The molecule has 1 aliphatic heterocycles. The zero-order chi connectivity index (χ0) is 12.3. The van der Waals surface area contributed by atoms with E-state index in [0.717, 1.165) is 19.4 Å². The van der Waals surface area contributed by atoms with E-state index in [1.165, 1.54) is 0 Å². The Morgan fingerprint density at radius 2 is 2.35 bits per heavy atom. The highest BCUT2D eigenvalue weighted by Gasteiger charge is 2.17. The minimum Gasteiger partial charge on any atom is -0.379 e. The SMILES string of the molecule is Cc1nc(Cl)c(C=O)c(NC2CCCOC2)n1. The van der Waals surface area contributed by atoms with Crippen LogP contribution in [0.4, 0.5) is 5.82 Å². The van der Waals surface area contributed by atoms with Crippen LogP contribution in [0.2, 0.25) is 5.15 Å². The van der Waals surface area contributed by atoms with Crippen LogP contribution in [0.15, 0.2) is 0 Å². The van der Waals surface area contributed by atoms with E-state index in [4.69, 9.17) is 16.3 Å². The molecule has 1 aliphatic rings. The molecule has 0 aromatic carbocycles. The fraction of sp³-hybridized carbons (Fsp3) is 0.545. The molecule has 1 N–H and O–H groups in total. The number of nitrogens with zero attached hydrogens (tertiary/aromatic N) is 2. The Kier molecular flexibility index (Phi) is 3.91. The number of carbonyl (C=O) groups is 1. The van der Waals surface area contributed by atoms with Gasteiger partial charge in [-0.1, -0.05) is 11.6 Å². The highest BCUT2D eigenvalue weighted by Crippen LogP contribution is 2.21. The average molecular weight is 256 g/mol. The quantitative estimate of drug-likeness (QED) is 0.660. The lowest BCUT2D eigenvalue weighted by Crippen LogP contribution is -2.31. The molecule has 5 nitrogen and oxygen atoms in total. The first-order chi connectivity index (χ1) is 8.20. The first kappa shape index (κ1) is 12.3. The van der Waals surface area contributed by atoms with Gasteiger partial charge in [0.2, 0.25) is 0 Å². The van der Waals surface area contributed by atoms with Crippen molar-refractivity contribution < 1.29 is 9.53 Å². The highest BCUT2D eigenvalue weighted by molar-refractivity contribution is 6.32. The summed E-state index contributed by atoms with van der Waals surface area (Å²) in [7, 11) is 0. The third-order valence-corrected chi connectivity index (χ3v) is 2.92. The normalized spacial score (nSPS) is 20.0. The van der Waals surface area contributed by atoms with Gasteiger partial charge >= 0.3 is 0 Å². The van der Waals surface area contributed by atoms with Crippen molar-refractivity contribution in [3.05, 3.63) is 16.5 Å². The van der Waals surface area contributed by atoms with E-state index in [9.17, 15) is 4.79 Å².